The van der Waals surface area contributed by atoms with Crippen LogP contribution in [0.15, 0.2) is 89.5 Å². The summed E-state index contributed by atoms with van der Waals surface area (Å²) in [6.07, 6.45) is 0. The molecule has 0 aliphatic heterocycles. The van der Waals surface area contributed by atoms with Crippen LogP contribution < -0.4 is 4.74 Å². The van der Waals surface area contributed by atoms with Gasteiger partial charge in [0.05, 0.1) is 13.0 Å². The molecule has 4 heteroatoms. The monoisotopic (exact) mass is 342 g/mol. The van der Waals surface area contributed by atoms with Gasteiger partial charge >= 0.3 is 0 Å². The van der Waals surface area contributed by atoms with Gasteiger partial charge < -0.3 is 9.26 Å². The summed E-state index contributed by atoms with van der Waals surface area (Å²) < 4.78 is 10.9. The molecule has 0 N–H and O–H groups in total. The summed E-state index contributed by atoms with van der Waals surface area (Å²) in [7, 11) is 1.64. The molecule has 1 aromatic heterocycles. The van der Waals surface area contributed by atoms with Crippen molar-refractivity contribution in [1.29, 1.82) is 0 Å². The molecule has 0 fully saturated rings. The number of methoxy groups -OCH3 is 1. The third kappa shape index (κ3) is 3.22. The third-order valence-electron chi connectivity index (χ3n) is 4.30. The Morgan fingerprint density at radius 3 is 1.88 bits per heavy atom. The van der Waals surface area contributed by atoms with Crippen LogP contribution >= 0.6 is 0 Å². The summed E-state index contributed by atoms with van der Waals surface area (Å²) in [5.74, 6) is 1.84. The van der Waals surface area contributed by atoms with Crippen LogP contribution in [0.5, 0.6) is 5.75 Å². The highest BCUT2D eigenvalue weighted by molar-refractivity contribution is 5.56. The number of hydrogen-bond donors (Lipinski definition) is 0. The van der Waals surface area contributed by atoms with Crippen LogP contribution in [0.3, 0.4) is 0 Å². The first kappa shape index (κ1) is 16.1. The molecule has 0 saturated carbocycles. The molecule has 0 atom stereocenters. The van der Waals surface area contributed by atoms with E-state index in [1.807, 2.05) is 60.7 Å². The lowest BCUT2D eigenvalue weighted by atomic mass is 9.91. The molecule has 0 saturated heterocycles. The predicted molar refractivity (Wildman–Crippen MR) is 100 cm³/mol. The first-order chi connectivity index (χ1) is 12.8. The van der Waals surface area contributed by atoms with E-state index in [4.69, 9.17) is 9.26 Å². The van der Waals surface area contributed by atoms with Crippen LogP contribution in [0.2, 0.25) is 0 Å². The first-order valence-electron chi connectivity index (χ1n) is 8.43. The fourth-order valence-corrected chi connectivity index (χ4v) is 2.98. The second-order valence-corrected chi connectivity index (χ2v) is 5.94. The summed E-state index contributed by atoms with van der Waals surface area (Å²) in [6.45, 7) is 0. The minimum atomic E-state index is -0.100. The molecule has 26 heavy (non-hydrogen) atoms. The van der Waals surface area contributed by atoms with E-state index in [0.717, 1.165) is 22.4 Å². The second kappa shape index (κ2) is 7.23. The maximum Gasteiger partial charge on any atom is 0.238 e. The van der Waals surface area contributed by atoms with Crippen molar-refractivity contribution in [3.63, 3.8) is 0 Å². The van der Waals surface area contributed by atoms with E-state index >= 15 is 0 Å². The van der Waals surface area contributed by atoms with Crippen molar-refractivity contribution in [1.82, 2.24) is 10.1 Å². The maximum absolute atomic E-state index is 5.65. The van der Waals surface area contributed by atoms with Gasteiger partial charge in [0, 0.05) is 5.56 Å². The third-order valence-corrected chi connectivity index (χ3v) is 4.30. The van der Waals surface area contributed by atoms with E-state index in [2.05, 4.69) is 34.4 Å². The van der Waals surface area contributed by atoms with Crippen LogP contribution in [0.4, 0.5) is 0 Å². The van der Waals surface area contributed by atoms with Gasteiger partial charge in [-0.25, -0.2) is 0 Å². The molecule has 0 unspecified atom stereocenters. The van der Waals surface area contributed by atoms with Gasteiger partial charge in [-0.05, 0) is 35.4 Å². The zero-order valence-electron chi connectivity index (χ0n) is 14.4. The molecular weight excluding hydrogens is 324 g/mol. The van der Waals surface area contributed by atoms with Gasteiger partial charge in [0.25, 0.3) is 0 Å². The minimum Gasteiger partial charge on any atom is -0.497 e. The Bertz CT molecular complexity index is 924. The number of benzene rings is 3. The molecule has 4 nitrogen and oxygen atoms in total. The van der Waals surface area contributed by atoms with Crippen molar-refractivity contribution >= 4 is 0 Å². The predicted octanol–water partition coefficient (Wildman–Crippen LogP) is 4.93. The largest absolute Gasteiger partial charge is 0.497 e. The van der Waals surface area contributed by atoms with Crippen molar-refractivity contribution in [3.05, 3.63) is 102 Å². The van der Waals surface area contributed by atoms with Crippen molar-refractivity contribution in [2.24, 2.45) is 0 Å². The average molecular weight is 342 g/mol. The van der Waals surface area contributed by atoms with Gasteiger partial charge in [-0.15, -0.1) is 0 Å². The standard InChI is InChI=1S/C22H18N2O2/c1-25-19-14-12-18(13-15-19)21-23-22(26-24-21)20(16-8-4-2-5-9-16)17-10-6-3-7-11-17/h2-15,20H,1H3. The fourth-order valence-electron chi connectivity index (χ4n) is 2.98. The normalized spacial score (nSPS) is 10.8. The second-order valence-electron chi connectivity index (χ2n) is 5.94. The molecule has 128 valence electrons. The van der Waals surface area contributed by atoms with Crippen molar-refractivity contribution < 1.29 is 9.26 Å². The highest BCUT2D eigenvalue weighted by Crippen LogP contribution is 2.32. The van der Waals surface area contributed by atoms with Crippen LogP contribution in [0.1, 0.15) is 22.9 Å². The number of hydrogen-bond acceptors (Lipinski definition) is 4. The molecule has 0 aliphatic rings. The van der Waals surface area contributed by atoms with Gasteiger partial charge in [-0.3, -0.25) is 0 Å². The quantitative estimate of drug-likeness (QED) is 0.516. The van der Waals surface area contributed by atoms with E-state index in [-0.39, 0.29) is 5.92 Å². The summed E-state index contributed by atoms with van der Waals surface area (Å²) >= 11 is 0. The van der Waals surface area contributed by atoms with Gasteiger partial charge in [-0.2, -0.15) is 4.98 Å². The molecule has 0 amide bonds. The molecule has 3 aromatic carbocycles. The van der Waals surface area contributed by atoms with Gasteiger partial charge in [0.15, 0.2) is 0 Å². The lowest BCUT2D eigenvalue weighted by Gasteiger charge is -2.13. The molecule has 0 radical (unpaired) electrons. The van der Waals surface area contributed by atoms with Crippen molar-refractivity contribution in [2.45, 2.75) is 5.92 Å². The molecule has 4 aromatic rings. The fraction of sp³-hybridized carbons (Fsp3) is 0.0909. The van der Waals surface area contributed by atoms with E-state index in [1.165, 1.54) is 0 Å². The van der Waals surface area contributed by atoms with E-state index in [9.17, 15) is 0 Å². The molecule has 4 rings (SSSR count). The smallest absolute Gasteiger partial charge is 0.238 e. The Hall–Kier alpha value is -3.40. The summed E-state index contributed by atoms with van der Waals surface area (Å²) in [4.78, 5) is 4.67. The number of rotatable bonds is 5. The lowest BCUT2D eigenvalue weighted by Crippen LogP contribution is -2.03. The molecule has 0 bridgehead atoms. The maximum atomic E-state index is 5.65. The Morgan fingerprint density at radius 1 is 0.769 bits per heavy atom. The van der Waals surface area contributed by atoms with Crippen LogP contribution in [-0.4, -0.2) is 17.3 Å². The molecule has 0 aliphatic carbocycles. The highest BCUT2D eigenvalue weighted by Gasteiger charge is 2.23. The summed E-state index contributed by atoms with van der Waals surface area (Å²) in [5.41, 5.74) is 3.12. The van der Waals surface area contributed by atoms with Crippen LogP contribution in [0.25, 0.3) is 11.4 Å². The van der Waals surface area contributed by atoms with E-state index in [0.29, 0.717) is 11.7 Å². The van der Waals surface area contributed by atoms with E-state index < -0.39 is 0 Å². The van der Waals surface area contributed by atoms with Gasteiger partial charge in [-0.1, -0.05) is 65.8 Å². The van der Waals surface area contributed by atoms with Crippen LogP contribution in [0, 0.1) is 0 Å². The Morgan fingerprint density at radius 2 is 1.35 bits per heavy atom. The van der Waals surface area contributed by atoms with E-state index in [1.54, 1.807) is 7.11 Å². The average Bonchev–Trinajstić information content (AvgIpc) is 3.19. The number of ether oxygens (including phenoxy) is 1. The van der Waals surface area contributed by atoms with Crippen molar-refractivity contribution in [3.8, 4) is 17.1 Å². The molecule has 1 heterocycles. The zero-order chi connectivity index (χ0) is 17.8. The van der Waals surface area contributed by atoms with Crippen molar-refractivity contribution in [2.75, 3.05) is 7.11 Å². The number of aromatic nitrogens is 2. The summed E-state index contributed by atoms with van der Waals surface area (Å²) in [6, 6.07) is 28.0. The Kier molecular flexibility index (Phi) is 4.48. The lowest BCUT2D eigenvalue weighted by molar-refractivity contribution is 0.375. The molecular formula is C22H18N2O2. The topological polar surface area (TPSA) is 48.2 Å². The molecule has 0 spiro atoms. The minimum absolute atomic E-state index is 0.100. The Labute approximate surface area is 152 Å². The van der Waals surface area contributed by atoms with Crippen LogP contribution in [-0.2, 0) is 0 Å². The van der Waals surface area contributed by atoms with Gasteiger partial charge in [0.2, 0.25) is 11.7 Å². The SMILES string of the molecule is COc1ccc(-c2noc(C(c3ccccc3)c3ccccc3)n2)cc1. The van der Waals surface area contributed by atoms with Gasteiger partial charge in [0.1, 0.15) is 5.75 Å². The number of nitrogens with zero attached hydrogens (tertiary/aromatic N) is 2. The zero-order valence-corrected chi connectivity index (χ0v) is 14.4. The Balaban J connectivity index is 1.74. The highest BCUT2D eigenvalue weighted by atomic mass is 16.5. The first-order valence-corrected chi connectivity index (χ1v) is 8.43. The summed E-state index contributed by atoms with van der Waals surface area (Å²) in [5, 5.41) is 4.19.